The summed E-state index contributed by atoms with van der Waals surface area (Å²) in [5, 5.41) is 1.77. The lowest BCUT2D eigenvalue weighted by Gasteiger charge is -2.23. The van der Waals surface area contributed by atoms with Crippen LogP contribution in [0.4, 0.5) is 0 Å². The number of hydrogen-bond donors (Lipinski definition) is 0. The van der Waals surface area contributed by atoms with E-state index in [0.717, 1.165) is 0 Å². The van der Waals surface area contributed by atoms with Gasteiger partial charge < -0.3 is 14.4 Å². The summed E-state index contributed by atoms with van der Waals surface area (Å²) >= 11 is 1.26. The van der Waals surface area contributed by atoms with E-state index >= 15 is 0 Å². The summed E-state index contributed by atoms with van der Waals surface area (Å²) in [6, 6.07) is 1.20. The second-order valence-electron chi connectivity index (χ2n) is 4.59. The summed E-state index contributed by atoms with van der Waals surface area (Å²) in [7, 11) is 1.31. The average molecular weight is 311 g/mol. The van der Waals surface area contributed by atoms with Crippen molar-refractivity contribution in [2.75, 3.05) is 13.7 Å². The molecule has 6 nitrogen and oxygen atoms in total. The first-order valence-corrected chi connectivity index (χ1v) is 7.57. The quantitative estimate of drug-likeness (QED) is 0.772. The molecule has 0 radical (unpaired) electrons. The summed E-state index contributed by atoms with van der Waals surface area (Å²) in [4.78, 5) is 37.5. The number of methoxy groups -OCH3 is 1. The molecular formula is C14H17NO5S. The number of amides is 1. The lowest BCUT2D eigenvalue weighted by molar-refractivity contribution is -0.151. The molecule has 21 heavy (non-hydrogen) atoms. The van der Waals surface area contributed by atoms with Gasteiger partial charge in [0.05, 0.1) is 13.7 Å². The fraction of sp³-hybridized carbons (Fsp3) is 0.500. The average Bonchev–Trinajstić information content (AvgIpc) is 3.07. The van der Waals surface area contributed by atoms with Gasteiger partial charge in [-0.2, -0.15) is 0 Å². The lowest BCUT2D eigenvalue weighted by atomic mass is 10.2. The Balaban J connectivity index is 2.16. The van der Waals surface area contributed by atoms with Gasteiger partial charge in [-0.25, -0.2) is 9.59 Å². The van der Waals surface area contributed by atoms with Crippen LogP contribution in [-0.2, 0) is 25.6 Å². The number of rotatable bonds is 5. The van der Waals surface area contributed by atoms with E-state index in [1.807, 2.05) is 0 Å². The van der Waals surface area contributed by atoms with Gasteiger partial charge >= 0.3 is 11.9 Å². The molecule has 1 aromatic heterocycles. The minimum absolute atomic E-state index is 0.102. The molecule has 1 aromatic rings. The van der Waals surface area contributed by atoms with Crippen molar-refractivity contribution >= 4 is 29.2 Å². The van der Waals surface area contributed by atoms with Crippen LogP contribution < -0.4 is 0 Å². The molecule has 0 bridgehead atoms. The zero-order chi connectivity index (χ0) is 15.4. The Morgan fingerprint density at radius 3 is 2.90 bits per heavy atom. The van der Waals surface area contributed by atoms with E-state index in [2.05, 4.69) is 0 Å². The summed E-state index contributed by atoms with van der Waals surface area (Å²) in [5.41, 5.74) is 0.691. The van der Waals surface area contributed by atoms with Crippen LogP contribution in [0.5, 0.6) is 0 Å². The molecule has 0 saturated carbocycles. The highest BCUT2D eigenvalue weighted by atomic mass is 32.1. The van der Waals surface area contributed by atoms with Crippen molar-refractivity contribution in [2.24, 2.45) is 0 Å². The van der Waals surface area contributed by atoms with Crippen LogP contribution in [0.3, 0.4) is 0 Å². The summed E-state index contributed by atoms with van der Waals surface area (Å²) in [6.45, 7) is 2.23. The number of thiophene rings is 1. The summed E-state index contributed by atoms with van der Waals surface area (Å²) < 4.78 is 9.72. The fourth-order valence-electron chi connectivity index (χ4n) is 2.33. The molecule has 0 N–H and O–H groups in total. The molecule has 1 aliphatic heterocycles. The molecule has 2 heterocycles. The number of ether oxygens (including phenoxy) is 2. The smallest absolute Gasteiger partial charge is 0.348 e. The van der Waals surface area contributed by atoms with Crippen LogP contribution in [0.1, 0.15) is 35.0 Å². The standard InChI is InChI=1S/C14H17NO5S/c1-3-20-13(17)10-4-5-11(16)15(10)8-9-6-7-21-12(9)14(18)19-2/h6-7,10H,3-5,8H2,1-2H3/t10-/m0/s1. The zero-order valence-corrected chi connectivity index (χ0v) is 12.8. The monoisotopic (exact) mass is 311 g/mol. The van der Waals surface area contributed by atoms with E-state index < -0.39 is 18.0 Å². The van der Waals surface area contributed by atoms with Gasteiger partial charge in [-0.3, -0.25) is 4.79 Å². The van der Waals surface area contributed by atoms with Crippen LogP contribution in [0.25, 0.3) is 0 Å². The molecule has 1 atom stereocenters. The molecule has 0 spiro atoms. The minimum atomic E-state index is -0.567. The van der Waals surface area contributed by atoms with Crippen molar-refractivity contribution < 1.29 is 23.9 Å². The number of nitrogens with zero attached hydrogens (tertiary/aromatic N) is 1. The first-order chi connectivity index (χ1) is 10.1. The van der Waals surface area contributed by atoms with Crippen molar-refractivity contribution in [2.45, 2.75) is 32.4 Å². The molecule has 1 amide bonds. The van der Waals surface area contributed by atoms with E-state index in [-0.39, 0.29) is 19.1 Å². The van der Waals surface area contributed by atoms with Crippen molar-refractivity contribution in [3.8, 4) is 0 Å². The fourth-order valence-corrected chi connectivity index (χ4v) is 3.16. The molecular weight excluding hydrogens is 294 g/mol. The number of hydrogen-bond acceptors (Lipinski definition) is 6. The van der Waals surface area contributed by atoms with Gasteiger partial charge in [-0.1, -0.05) is 0 Å². The summed E-state index contributed by atoms with van der Waals surface area (Å²) in [6.07, 6.45) is 0.774. The van der Waals surface area contributed by atoms with Crippen LogP contribution in [0.15, 0.2) is 11.4 Å². The largest absolute Gasteiger partial charge is 0.465 e. The summed E-state index contributed by atoms with van der Waals surface area (Å²) in [5.74, 6) is -0.924. The van der Waals surface area contributed by atoms with E-state index in [4.69, 9.17) is 9.47 Å². The molecule has 1 saturated heterocycles. The zero-order valence-electron chi connectivity index (χ0n) is 12.0. The highest BCUT2D eigenvalue weighted by Gasteiger charge is 2.37. The second-order valence-corrected chi connectivity index (χ2v) is 5.51. The van der Waals surface area contributed by atoms with Gasteiger partial charge in [0.2, 0.25) is 5.91 Å². The number of likely N-dealkylation sites (tertiary alicyclic amines) is 1. The topological polar surface area (TPSA) is 72.9 Å². The third-order valence-corrected chi connectivity index (χ3v) is 4.28. The number of esters is 2. The maximum Gasteiger partial charge on any atom is 0.348 e. The lowest BCUT2D eigenvalue weighted by Crippen LogP contribution is -2.39. The van der Waals surface area contributed by atoms with Crippen LogP contribution in [0.2, 0.25) is 0 Å². The number of carbonyl (C=O) groups excluding carboxylic acids is 3. The Bertz CT molecular complexity index is 553. The second kappa shape index (κ2) is 6.71. The molecule has 0 aliphatic carbocycles. The molecule has 1 fully saturated rings. The predicted octanol–water partition coefficient (Wildman–Crippen LogP) is 1.59. The van der Waals surface area contributed by atoms with Gasteiger partial charge in [-0.15, -0.1) is 11.3 Å². The predicted molar refractivity (Wildman–Crippen MR) is 75.9 cm³/mol. The highest BCUT2D eigenvalue weighted by molar-refractivity contribution is 7.12. The Labute approximate surface area is 126 Å². The highest BCUT2D eigenvalue weighted by Crippen LogP contribution is 2.26. The normalized spacial score (nSPS) is 17.9. The van der Waals surface area contributed by atoms with Crippen molar-refractivity contribution in [3.05, 3.63) is 21.9 Å². The van der Waals surface area contributed by atoms with Gasteiger partial charge in [0.25, 0.3) is 0 Å². The maximum atomic E-state index is 12.0. The maximum absolute atomic E-state index is 12.0. The van der Waals surface area contributed by atoms with Gasteiger partial charge in [0.15, 0.2) is 0 Å². The van der Waals surface area contributed by atoms with E-state index in [1.54, 1.807) is 18.4 Å². The Morgan fingerprint density at radius 1 is 1.48 bits per heavy atom. The molecule has 114 valence electrons. The van der Waals surface area contributed by atoms with Crippen LogP contribution in [0, 0.1) is 0 Å². The van der Waals surface area contributed by atoms with Crippen molar-refractivity contribution in [3.63, 3.8) is 0 Å². The van der Waals surface area contributed by atoms with Crippen LogP contribution in [-0.4, -0.2) is 42.5 Å². The van der Waals surface area contributed by atoms with E-state index in [9.17, 15) is 14.4 Å². The van der Waals surface area contributed by atoms with Gasteiger partial charge in [0.1, 0.15) is 10.9 Å². The molecule has 7 heteroatoms. The van der Waals surface area contributed by atoms with Crippen molar-refractivity contribution in [1.82, 2.24) is 4.90 Å². The molecule has 1 aliphatic rings. The molecule has 2 rings (SSSR count). The van der Waals surface area contributed by atoms with Gasteiger partial charge in [-0.05, 0) is 30.4 Å². The Morgan fingerprint density at radius 2 is 2.24 bits per heavy atom. The van der Waals surface area contributed by atoms with E-state index in [0.29, 0.717) is 23.3 Å². The van der Waals surface area contributed by atoms with Crippen LogP contribution >= 0.6 is 11.3 Å². The molecule has 0 unspecified atom stereocenters. The first kappa shape index (κ1) is 15.5. The third kappa shape index (κ3) is 3.24. The Hall–Kier alpha value is -1.89. The first-order valence-electron chi connectivity index (χ1n) is 6.69. The van der Waals surface area contributed by atoms with Gasteiger partial charge in [0, 0.05) is 13.0 Å². The third-order valence-electron chi connectivity index (χ3n) is 3.35. The minimum Gasteiger partial charge on any atom is -0.465 e. The van der Waals surface area contributed by atoms with E-state index in [1.165, 1.54) is 23.3 Å². The SMILES string of the molecule is CCOC(=O)[C@@H]1CCC(=O)N1Cc1ccsc1C(=O)OC. The Kier molecular flexibility index (Phi) is 4.95. The number of carbonyl (C=O) groups is 3. The molecule has 0 aromatic carbocycles. The van der Waals surface area contributed by atoms with Crippen molar-refractivity contribution in [1.29, 1.82) is 0 Å².